The van der Waals surface area contributed by atoms with E-state index in [0.717, 1.165) is 5.57 Å². The van der Waals surface area contributed by atoms with Crippen LogP contribution in [0.1, 0.15) is 35.9 Å². The predicted octanol–water partition coefficient (Wildman–Crippen LogP) is 2.58. The molecule has 2 aliphatic heterocycles. The quantitative estimate of drug-likeness (QED) is 0.619. The molecule has 3 rings (SSSR count). The van der Waals surface area contributed by atoms with Crippen molar-refractivity contribution in [1.82, 2.24) is 0 Å². The van der Waals surface area contributed by atoms with Crippen LogP contribution in [0.4, 0.5) is 0 Å². The lowest BCUT2D eigenvalue weighted by molar-refractivity contribution is -0.200. The van der Waals surface area contributed by atoms with Gasteiger partial charge in [-0.05, 0) is 31.1 Å². The monoisotopic (exact) mass is 290 g/mol. The molecular weight excluding hydrogens is 272 g/mol. The molecule has 1 aromatic carbocycles. The zero-order chi connectivity index (χ0) is 15.2. The van der Waals surface area contributed by atoms with Gasteiger partial charge in [-0.15, -0.1) is 0 Å². The highest BCUT2D eigenvalue weighted by Gasteiger charge is 2.51. The average Bonchev–Trinajstić information content (AvgIpc) is 2.92. The Labute approximate surface area is 123 Å². The summed E-state index contributed by atoms with van der Waals surface area (Å²) in [6.07, 6.45) is -1.26. The second kappa shape index (κ2) is 4.94. The molecule has 2 fully saturated rings. The first-order chi connectivity index (χ1) is 9.93. The number of rotatable bonds is 2. The van der Waals surface area contributed by atoms with E-state index in [-0.39, 0.29) is 6.10 Å². The van der Waals surface area contributed by atoms with Crippen molar-refractivity contribution in [2.75, 3.05) is 7.11 Å². The smallest absolute Gasteiger partial charge is 0.338 e. The van der Waals surface area contributed by atoms with Crippen LogP contribution in [0.15, 0.2) is 36.4 Å². The number of esters is 1. The first-order valence-electron chi connectivity index (χ1n) is 6.80. The van der Waals surface area contributed by atoms with Crippen LogP contribution in [0.3, 0.4) is 0 Å². The van der Waals surface area contributed by atoms with Crippen LogP contribution in [0.5, 0.6) is 0 Å². The van der Waals surface area contributed by atoms with Gasteiger partial charge in [0.1, 0.15) is 12.2 Å². The highest BCUT2D eigenvalue weighted by Crippen LogP contribution is 2.46. The third kappa shape index (κ3) is 2.37. The molecule has 3 atom stereocenters. The summed E-state index contributed by atoms with van der Waals surface area (Å²) in [4.78, 5) is 11.9. The molecule has 0 amide bonds. The molecule has 112 valence electrons. The Morgan fingerprint density at radius 3 is 2.67 bits per heavy atom. The van der Waals surface area contributed by atoms with Gasteiger partial charge in [0.05, 0.1) is 12.7 Å². The zero-order valence-corrected chi connectivity index (χ0v) is 12.3. The molecule has 0 N–H and O–H groups in total. The van der Waals surface area contributed by atoms with Gasteiger partial charge in [0.2, 0.25) is 0 Å². The van der Waals surface area contributed by atoms with Crippen LogP contribution in [-0.2, 0) is 18.9 Å². The largest absolute Gasteiger partial charge is 0.465 e. The van der Waals surface area contributed by atoms with Crippen LogP contribution in [-0.4, -0.2) is 31.3 Å². The van der Waals surface area contributed by atoms with Gasteiger partial charge in [0.25, 0.3) is 0 Å². The van der Waals surface area contributed by atoms with Gasteiger partial charge in [0, 0.05) is 0 Å². The summed E-state index contributed by atoms with van der Waals surface area (Å²) in [6, 6.07) is 7.16. The fraction of sp³-hybridized carbons (Fsp3) is 0.438. The summed E-state index contributed by atoms with van der Waals surface area (Å²) in [6.45, 7) is 7.73. The summed E-state index contributed by atoms with van der Waals surface area (Å²) in [5, 5.41) is 0. The summed E-state index contributed by atoms with van der Waals surface area (Å²) < 4.78 is 22.2. The number of hydrogen-bond acceptors (Lipinski definition) is 5. The fourth-order valence-corrected chi connectivity index (χ4v) is 2.75. The summed E-state index contributed by atoms with van der Waals surface area (Å²) in [5.41, 5.74) is 1.93. The molecule has 0 bridgehead atoms. The number of carbonyl (C=O) groups is 1. The molecule has 0 radical (unpaired) electrons. The number of carbonyl (C=O) groups excluding carboxylic acids is 1. The lowest BCUT2D eigenvalue weighted by Gasteiger charge is -2.22. The van der Waals surface area contributed by atoms with Crippen LogP contribution in [0, 0.1) is 0 Å². The van der Waals surface area contributed by atoms with Crippen LogP contribution >= 0.6 is 0 Å². The lowest BCUT2D eigenvalue weighted by Crippen LogP contribution is -2.24. The maximum absolute atomic E-state index is 11.9. The van der Waals surface area contributed by atoms with E-state index in [9.17, 15) is 4.79 Å². The van der Waals surface area contributed by atoms with Gasteiger partial charge >= 0.3 is 5.97 Å². The molecule has 0 aliphatic carbocycles. The van der Waals surface area contributed by atoms with E-state index in [4.69, 9.17) is 18.9 Å². The molecule has 5 nitrogen and oxygen atoms in total. The molecule has 21 heavy (non-hydrogen) atoms. The van der Waals surface area contributed by atoms with Crippen LogP contribution < -0.4 is 0 Å². The molecule has 0 unspecified atom stereocenters. The Kier molecular flexibility index (Phi) is 3.36. The fourth-order valence-electron chi connectivity index (χ4n) is 2.75. The van der Waals surface area contributed by atoms with Crippen molar-refractivity contribution < 1.29 is 23.7 Å². The van der Waals surface area contributed by atoms with Crippen molar-refractivity contribution in [3.63, 3.8) is 0 Å². The van der Waals surface area contributed by atoms with E-state index in [1.807, 2.05) is 26.0 Å². The minimum Gasteiger partial charge on any atom is -0.465 e. The molecule has 0 saturated carbocycles. The number of benzene rings is 1. The maximum Gasteiger partial charge on any atom is 0.338 e. The van der Waals surface area contributed by atoms with Crippen molar-refractivity contribution in [2.45, 2.75) is 38.1 Å². The van der Waals surface area contributed by atoms with E-state index in [2.05, 4.69) is 6.58 Å². The molecule has 5 heteroatoms. The highest BCUT2D eigenvalue weighted by molar-refractivity contribution is 5.91. The van der Waals surface area contributed by atoms with Gasteiger partial charge in [-0.1, -0.05) is 24.8 Å². The molecule has 2 saturated heterocycles. The SMILES string of the molecule is C=C1[C@H](c2ccccc2C(=O)OC)O[C@@H]2OC(C)(C)O[C@H]12. The van der Waals surface area contributed by atoms with Crippen LogP contribution in [0.2, 0.25) is 0 Å². The minimum absolute atomic E-state index is 0.323. The predicted molar refractivity (Wildman–Crippen MR) is 74.6 cm³/mol. The molecule has 0 spiro atoms. The zero-order valence-electron chi connectivity index (χ0n) is 12.3. The number of ether oxygens (including phenoxy) is 4. The molecule has 2 heterocycles. The average molecular weight is 290 g/mol. The summed E-state index contributed by atoms with van der Waals surface area (Å²) in [7, 11) is 1.35. The van der Waals surface area contributed by atoms with Crippen molar-refractivity contribution >= 4 is 5.97 Å². The Morgan fingerprint density at radius 2 is 2.00 bits per heavy atom. The molecule has 1 aromatic rings. The van der Waals surface area contributed by atoms with Crippen LogP contribution in [0.25, 0.3) is 0 Å². The van der Waals surface area contributed by atoms with Crippen molar-refractivity contribution in [1.29, 1.82) is 0 Å². The van der Waals surface area contributed by atoms with Gasteiger partial charge in [-0.2, -0.15) is 0 Å². The second-order valence-electron chi connectivity index (χ2n) is 5.59. The number of hydrogen-bond donors (Lipinski definition) is 0. The first kappa shape index (κ1) is 14.3. The van der Waals surface area contributed by atoms with Crippen molar-refractivity contribution in [2.24, 2.45) is 0 Å². The Hall–Kier alpha value is -1.69. The van der Waals surface area contributed by atoms with E-state index >= 15 is 0 Å². The number of fused-ring (bicyclic) bond motifs is 1. The van der Waals surface area contributed by atoms with E-state index in [1.165, 1.54) is 7.11 Å². The van der Waals surface area contributed by atoms with E-state index < -0.39 is 24.2 Å². The third-order valence-corrected chi connectivity index (χ3v) is 3.68. The second-order valence-corrected chi connectivity index (χ2v) is 5.59. The first-order valence-corrected chi connectivity index (χ1v) is 6.80. The molecule has 2 aliphatic rings. The van der Waals surface area contributed by atoms with Gasteiger partial charge in [-0.25, -0.2) is 4.79 Å². The Balaban J connectivity index is 1.91. The standard InChI is InChI=1S/C16H18O5/c1-9-12(19-15-13(9)20-16(2,3)21-15)10-7-5-6-8-11(10)14(17)18-4/h5-8,12-13,15H,1H2,2-4H3/t12-,13-,15-/m1/s1. The topological polar surface area (TPSA) is 54.0 Å². The van der Waals surface area contributed by atoms with Crippen molar-refractivity contribution in [3.05, 3.63) is 47.5 Å². The normalized spacial score (nSPS) is 30.2. The van der Waals surface area contributed by atoms with E-state index in [0.29, 0.717) is 11.1 Å². The molecule has 0 aromatic heterocycles. The van der Waals surface area contributed by atoms with Gasteiger partial charge in [-0.3, -0.25) is 0 Å². The lowest BCUT2D eigenvalue weighted by atomic mass is 9.96. The third-order valence-electron chi connectivity index (χ3n) is 3.68. The van der Waals surface area contributed by atoms with E-state index in [1.54, 1.807) is 12.1 Å². The minimum atomic E-state index is -0.689. The highest BCUT2D eigenvalue weighted by atomic mass is 16.8. The summed E-state index contributed by atoms with van der Waals surface area (Å²) >= 11 is 0. The molecular formula is C16H18O5. The Bertz CT molecular complexity index is 592. The Morgan fingerprint density at radius 1 is 1.29 bits per heavy atom. The van der Waals surface area contributed by atoms with Gasteiger partial charge < -0.3 is 18.9 Å². The maximum atomic E-state index is 11.9. The van der Waals surface area contributed by atoms with Crippen molar-refractivity contribution in [3.8, 4) is 0 Å². The van der Waals surface area contributed by atoms with Gasteiger partial charge in [0.15, 0.2) is 12.1 Å². The summed E-state index contributed by atoms with van der Waals surface area (Å²) in [5.74, 6) is -1.09. The number of methoxy groups -OCH3 is 1.